The summed E-state index contributed by atoms with van der Waals surface area (Å²) >= 11 is 0. The zero-order valence-electron chi connectivity index (χ0n) is 7.13. The summed E-state index contributed by atoms with van der Waals surface area (Å²) in [4.78, 5) is 20.9. The molecule has 5 N–H and O–H groups in total. The standard InChI is InChI=1S/C7H10N4O2/c1-4(11-3-6(9)12)5(2-8)7(10)13/h11H,3H2,1H3,(H2,9,12)(H2,10,13). The molecule has 70 valence electrons. The fourth-order valence-corrected chi connectivity index (χ4v) is 0.632. The lowest BCUT2D eigenvalue weighted by atomic mass is 10.2. The van der Waals surface area contributed by atoms with Crippen molar-refractivity contribution in [3.05, 3.63) is 11.3 Å². The third-order valence-electron chi connectivity index (χ3n) is 1.26. The van der Waals surface area contributed by atoms with Crippen LogP contribution in [0.3, 0.4) is 0 Å². The van der Waals surface area contributed by atoms with Crippen LogP contribution >= 0.6 is 0 Å². The van der Waals surface area contributed by atoms with Gasteiger partial charge in [-0.3, -0.25) is 9.59 Å². The molecule has 0 rings (SSSR count). The minimum Gasteiger partial charge on any atom is -0.379 e. The van der Waals surface area contributed by atoms with Gasteiger partial charge in [-0.2, -0.15) is 5.26 Å². The van der Waals surface area contributed by atoms with Gasteiger partial charge in [0.1, 0.15) is 11.6 Å². The lowest BCUT2D eigenvalue weighted by molar-refractivity contribution is -0.117. The van der Waals surface area contributed by atoms with Crippen molar-refractivity contribution in [2.24, 2.45) is 11.5 Å². The van der Waals surface area contributed by atoms with E-state index >= 15 is 0 Å². The summed E-state index contributed by atoms with van der Waals surface area (Å²) in [5.74, 6) is -1.42. The highest BCUT2D eigenvalue weighted by atomic mass is 16.1. The molecule has 0 heterocycles. The molecule has 0 aliphatic carbocycles. The van der Waals surface area contributed by atoms with Crippen molar-refractivity contribution < 1.29 is 9.59 Å². The first-order chi connectivity index (χ1) is 5.99. The third kappa shape index (κ3) is 3.76. The fourth-order valence-electron chi connectivity index (χ4n) is 0.632. The molecular formula is C7H10N4O2. The number of carbonyl (C=O) groups is 2. The van der Waals surface area contributed by atoms with Gasteiger partial charge < -0.3 is 16.8 Å². The SMILES string of the molecule is CC(NCC(N)=O)=C(C#N)C(N)=O. The zero-order valence-corrected chi connectivity index (χ0v) is 7.13. The molecule has 0 radical (unpaired) electrons. The molecule has 0 aliphatic rings. The Bertz CT molecular complexity index is 300. The third-order valence-corrected chi connectivity index (χ3v) is 1.26. The first kappa shape index (κ1) is 11.0. The Morgan fingerprint density at radius 1 is 1.46 bits per heavy atom. The highest BCUT2D eigenvalue weighted by Crippen LogP contribution is 1.97. The number of hydrogen-bond acceptors (Lipinski definition) is 4. The van der Waals surface area contributed by atoms with Crippen LogP contribution in [0.2, 0.25) is 0 Å². The molecule has 0 spiro atoms. The van der Waals surface area contributed by atoms with Crippen molar-refractivity contribution in [2.45, 2.75) is 6.92 Å². The summed E-state index contributed by atoms with van der Waals surface area (Å²) in [7, 11) is 0. The van der Waals surface area contributed by atoms with Crippen LogP contribution in [0.1, 0.15) is 6.92 Å². The van der Waals surface area contributed by atoms with E-state index in [0.717, 1.165) is 0 Å². The number of nitrogens with two attached hydrogens (primary N) is 2. The smallest absolute Gasteiger partial charge is 0.261 e. The normalized spacial score (nSPS) is 11.1. The molecule has 0 unspecified atom stereocenters. The van der Waals surface area contributed by atoms with Gasteiger partial charge in [-0.1, -0.05) is 0 Å². The van der Waals surface area contributed by atoms with E-state index in [1.165, 1.54) is 6.92 Å². The number of nitrogens with zero attached hydrogens (tertiary/aromatic N) is 1. The number of carbonyl (C=O) groups excluding carboxylic acids is 2. The molecule has 0 saturated heterocycles. The van der Waals surface area contributed by atoms with Gasteiger partial charge >= 0.3 is 0 Å². The van der Waals surface area contributed by atoms with Gasteiger partial charge in [0.15, 0.2) is 0 Å². The number of hydrogen-bond donors (Lipinski definition) is 3. The molecule has 0 aromatic carbocycles. The van der Waals surface area contributed by atoms with Gasteiger partial charge in [-0.25, -0.2) is 0 Å². The largest absolute Gasteiger partial charge is 0.379 e. The maximum Gasteiger partial charge on any atom is 0.261 e. The maximum absolute atomic E-state index is 10.6. The van der Waals surface area contributed by atoms with Gasteiger partial charge in [0.2, 0.25) is 5.91 Å². The van der Waals surface area contributed by atoms with Crippen LogP contribution in [-0.2, 0) is 9.59 Å². The summed E-state index contributed by atoms with van der Waals surface area (Å²) in [6.07, 6.45) is 0. The number of nitriles is 1. The highest BCUT2D eigenvalue weighted by molar-refractivity contribution is 5.96. The van der Waals surface area contributed by atoms with Crippen LogP contribution in [-0.4, -0.2) is 18.4 Å². The fraction of sp³-hybridized carbons (Fsp3) is 0.286. The van der Waals surface area contributed by atoms with E-state index in [9.17, 15) is 9.59 Å². The second kappa shape index (κ2) is 4.77. The van der Waals surface area contributed by atoms with Gasteiger partial charge in [0.25, 0.3) is 5.91 Å². The van der Waals surface area contributed by atoms with E-state index in [-0.39, 0.29) is 17.8 Å². The summed E-state index contributed by atoms with van der Waals surface area (Å²) in [5.41, 5.74) is 9.75. The van der Waals surface area contributed by atoms with Gasteiger partial charge in [0.05, 0.1) is 6.54 Å². The first-order valence-electron chi connectivity index (χ1n) is 3.42. The molecule has 6 heteroatoms. The van der Waals surface area contributed by atoms with Gasteiger partial charge in [0, 0.05) is 5.70 Å². The van der Waals surface area contributed by atoms with Gasteiger partial charge in [-0.05, 0) is 6.92 Å². The van der Waals surface area contributed by atoms with E-state index in [4.69, 9.17) is 16.7 Å². The monoisotopic (exact) mass is 182 g/mol. The zero-order chi connectivity index (χ0) is 10.4. The van der Waals surface area contributed by atoms with E-state index in [1.807, 2.05) is 0 Å². The Morgan fingerprint density at radius 2 is 2.00 bits per heavy atom. The van der Waals surface area contributed by atoms with Crippen molar-refractivity contribution in [3.63, 3.8) is 0 Å². The first-order valence-corrected chi connectivity index (χ1v) is 3.42. The predicted octanol–water partition coefficient (Wildman–Crippen LogP) is -1.66. The average molecular weight is 182 g/mol. The Kier molecular flexibility index (Phi) is 4.02. The highest BCUT2D eigenvalue weighted by Gasteiger charge is 2.08. The number of allylic oxidation sites excluding steroid dienone is 1. The van der Waals surface area contributed by atoms with Crippen molar-refractivity contribution in [2.75, 3.05) is 6.54 Å². The molecule has 0 aromatic rings. The van der Waals surface area contributed by atoms with Crippen molar-refractivity contribution in [1.29, 1.82) is 5.26 Å². The number of rotatable bonds is 4. The predicted molar refractivity (Wildman–Crippen MR) is 44.7 cm³/mol. The van der Waals surface area contributed by atoms with E-state index in [2.05, 4.69) is 5.32 Å². The van der Waals surface area contributed by atoms with Crippen LogP contribution in [0, 0.1) is 11.3 Å². The Hall–Kier alpha value is -2.03. The van der Waals surface area contributed by atoms with Crippen LogP contribution in [0.15, 0.2) is 11.3 Å². The van der Waals surface area contributed by atoms with Crippen LogP contribution < -0.4 is 16.8 Å². The molecule has 13 heavy (non-hydrogen) atoms. The summed E-state index contributed by atoms with van der Waals surface area (Å²) in [5, 5.41) is 11.0. The molecule has 0 saturated carbocycles. The van der Waals surface area contributed by atoms with Crippen LogP contribution in [0.4, 0.5) is 0 Å². The van der Waals surface area contributed by atoms with E-state index < -0.39 is 11.8 Å². The maximum atomic E-state index is 10.6. The van der Waals surface area contributed by atoms with Crippen LogP contribution in [0.5, 0.6) is 0 Å². The molecule has 0 atom stereocenters. The lowest BCUT2D eigenvalue weighted by Crippen LogP contribution is -2.29. The lowest BCUT2D eigenvalue weighted by Gasteiger charge is -2.04. The van der Waals surface area contributed by atoms with Crippen molar-refractivity contribution >= 4 is 11.8 Å². The second-order valence-electron chi connectivity index (χ2n) is 2.30. The van der Waals surface area contributed by atoms with E-state index in [1.54, 1.807) is 6.07 Å². The summed E-state index contributed by atoms with van der Waals surface area (Å²) in [6, 6.07) is 1.62. The Balaban J connectivity index is 4.51. The Labute approximate surface area is 75.2 Å². The summed E-state index contributed by atoms with van der Waals surface area (Å²) < 4.78 is 0. The minimum atomic E-state index is -0.836. The Morgan fingerprint density at radius 3 is 2.31 bits per heavy atom. The summed E-state index contributed by atoms with van der Waals surface area (Å²) in [6.45, 7) is 1.33. The van der Waals surface area contributed by atoms with Crippen molar-refractivity contribution in [3.8, 4) is 6.07 Å². The molecule has 0 aromatic heterocycles. The second-order valence-corrected chi connectivity index (χ2v) is 2.30. The molecule has 0 aliphatic heterocycles. The van der Waals surface area contributed by atoms with Gasteiger partial charge in [-0.15, -0.1) is 0 Å². The average Bonchev–Trinajstić information content (AvgIpc) is 2.01. The van der Waals surface area contributed by atoms with Crippen molar-refractivity contribution in [1.82, 2.24) is 5.32 Å². The molecule has 0 bridgehead atoms. The number of amides is 2. The minimum absolute atomic E-state index is 0.135. The molecule has 2 amide bonds. The molecule has 6 nitrogen and oxygen atoms in total. The topological polar surface area (TPSA) is 122 Å². The van der Waals surface area contributed by atoms with Crippen LogP contribution in [0.25, 0.3) is 0 Å². The molecule has 0 fully saturated rings. The number of primary amides is 2. The number of nitrogens with one attached hydrogen (secondary N) is 1. The molecular weight excluding hydrogens is 172 g/mol. The quantitative estimate of drug-likeness (QED) is 0.356. The van der Waals surface area contributed by atoms with E-state index in [0.29, 0.717) is 0 Å².